The monoisotopic (exact) mass is 216 g/mol. The summed E-state index contributed by atoms with van der Waals surface area (Å²) in [6.45, 7) is 8.24. The fourth-order valence-electron chi connectivity index (χ4n) is 1.94. The van der Waals surface area contributed by atoms with Gasteiger partial charge in [0.05, 0.1) is 0 Å². The summed E-state index contributed by atoms with van der Waals surface area (Å²) in [5.41, 5.74) is 0. The van der Waals surface area contributed by atoms with Crippen LogP contribution in [0.2, 0.25) is 0 Å². The predicted octanol–water partition coefficient (Wildman–Crippen LogP) is 1.42. The van der Waals surface area contributed by atoms with Gasteiger partial charge in [-0.2, -0.15) is 0 Å². The Bertz CT molecular complexity index is 140. The second-order valence-electron chi connectivity index (χ2n) is 4.52. The number of likely N-dealkylation sites (N-methyl/N-ethyl adjacent to an activating group) is 2. The van der Waals surface area contributed by atoms with Crippen LogP contribution in [0.4, 0.5) is 0 Å². The number of aliphatic hydroxyl groups is 1. The Balaban J connectivity index is 3.70. The SMILES string of the molecule is CCN(CCCCCO)C(C)CN(C)C. The number of unbranched alkanes of at least 4 members (excludes halogenated alkanes) is 2. The zero-order valence-electron chi connectivity index (χ0n) is 10.9. The third-order valence-corrected chi connectivity index (χ3v) is 2.76. The summed E-state index contributed by atoms with van der Waals surface area (Å²) >= 11 is 0. The van der Waals surface area contributed by atoms with E-state index in [4.69, 9.17) is 5.11 Å². The molecule has 0 heterocycles. The van der Waals surface area contributed by atoms with E-state index in [2.05, 4.69) is 37.7 Å². The minimum absolute atomic E-state index is 0.333. The highest BCUT2D eigenvalue weighted by molar-refractivity contribution is 4.68. The molecule has 15 heavy (non-hydrogen) atoms. The van der Waals surface area contributed by atoms with Crippen molar-refractivity contribution in [2.24, 2.45) is 0 Å². The van der Waals surface area contributed by atoms with Crippen LogP contribution >= 0.6 is 0 Å². The minimum Gasteiger partial charge on any atom is -0.396 e. The standard InChI is InChI=1S/C12H28N2O/c1-5-14(9-7-6-8-10-15)12(2)11-13(3)4/h12,15H,5-11H2,1-4H3. The van der Waals surface area contributed by atoms with Crippen molar-refractivity contribution in [2.45, 2.75) is 39.2 Å². The molecule has 0 bridgehead atoms. The van der Waals surface area contributed by atoms with E-state index in [0.717, 1.165) is 32.5 Å². The van der Waals surface area contributed by atoms with Crippen molar-refractivity contribution in [3.05, 3.63) is 0 Å². The lowest BCUT2D eigenvalue weighted by Crippen LogP contribution is -2.40. The molecule has 1 atom stereocenters. The summed E-state index contributed by atoms with van der Waals surface area (Å²) in [7, 11) is 4.24. The molecule has 0 aliphatic heterocycles. The van der Waals surface area contributed by atoms with E-state index >= 15 is 0 Å². The minimum atomic E-state index is 0.333. The van der Waals surface area contributed by atoms with Crippen LogP contribution in [0.25, 0.3) is 0 Å². The van der Waals surface area contributed by atoms with Crippen LogP contribution in [0.3, 0.4) is 0 Å². The van der Waals surface area contributed by atoms with Gasteiger partial charge in [-0.3, -0.25) is 4.90 Å². The first-order valence-corrected chi connectivity index (χ1v) is 6.11. The smallest absolute Gasteiger partial charge is 0.0431 e. The van der Waals surface area contributed by atoms with Gasteiger partial charge in [0.2, 0.25) is 0 Å². The lowest BCUT2D eigenvalue weighted by molar-refractivity contribution is 0.176. The van der Waals surface area contributed by atoms with Gasteiger partial charge in [-0.1, -0.05) is 6.92 Å². The molecule has 0 amide bonds. The summed E-state index contributed by atoms with van der Waals surface area (Å²) in [5.74, 6) is 0. The van der Waals surface area contributed by atoms with Gasteiger partial charge in [-0.05, 0) is 53.4 Å². The molecule has 0 aliphatic carbocycles. The predicted molar refractivity (Wildman–Crippen MR) is 66.2 cm³/mol. The highest BCUT2D eigenvalue weighted by Gasteiger charge is 2.11. The molecule has 3 heteroatoms. The molecule has 0 saturated carbocycles. The van der Waals surface area contributed by atoms with Crippen LogP contribution < -0.4 is 0 Å². The van der Waals surface area contributed by atoms with E-state index in [1.165, 1.54) is 6.42 Å². The van der Waals surface area contributed by atoms with Gasteiger partial charge in [-0.15, -0.1) is 0 Å². The Morgan fingerprint density at radius 1 is 1.13 bits per heavy atom. The van der Waals surface area contributed by atoms with E-state index in [0.29, 0.717) is 12.6 Å². The number of nitrogens with zero attached hydrogens (tertiary/aromatic N) is 2. The van der Waals surface area contributed by atoms with Crippen molar-refractivity contribution in [3.63, 3.8) is 0 Å². The van der Waals surface area contributed by atoms with Crippen LogP contribution in [0.15, 0.2) is 0 Å². The van der Waals surface area contributed by atoms with Crippen molar-refractivity contribution in [2.75, 3.05) is 40.3 Å². The molecule has 0 rings (SSSR count). The Morgan fingerprint density at radius 3 is 2.27 bits per heavy atom. The third kappa shape index (κ3) is 7.77. The molecule has 1 unspecified atom stereocenters. The molecule has 0 aliphatic rings. The van der Waals surface area contributed by atoms with Gasteiger partial charge >= 0.3 is 0 Å². The van der Waals surface area contributed by atoms with Gasteiger partial charge in [0.1, 0.15) is 0 Å². The van der Waals surface area contributed by atoms with Crippen molar-refractivity contribution in [1.82, 2.24) is 9.80 Å². The summed E-state index contributed by atoms with van der Waals surface area (Å²) < 4.78 is 0. The highest BCUT2D eigenvalue weighted by atomic mass is 16.2. The molecular weight excluding hydrogens is 188 g/mol. The van der Waals surface area contributed by atoms with Crippen molar-refractivity contribution in [1.29, 1.82) is 0 Å². The van der Waals surface area contributed by atoms with Gasteiger partial charge < -0.3 is 10.0 Å². The summed E-state index contributed by atoms with van der Waals surface area (Å²) in [4.78, 5) is 4.75. The Hall–Kier alpha value is -0.120. The number of hydrogen-bond donors (Lipinski definition) is 1. The summed E-state index contributed by atoms with van der Waals surface area (Å²) in [6.07, 6.45) is 3.29. The maximum Gasteiger partial charge on any atom is 0.0431 e. The van der Waals surface area contributed by atoms with Gasteiger partial charge in [0, 0.05) is 19.2 Å². The van der Waals surface area contributed by atoms with E-state index in [1.54, 1.807) is 0 Å². The maximum atomic E-state index is 8.70. The highest BCUT2D eigenvalue weighted by Crippen LogP contribution is 2.04. The van der Waals surface area contributed by atoms with Crippen LogP contribution in [-0.2, 0) is 0 Å². The zero-order valence-corrected chi connectivity index (χ0v) is 10.9. The first kappa shape index (κ1) is 14.9. The normalized spacial score (nSPS) is 13.8. The van der Waals surface area contributed by atoms with E-state index in [9.17, 15) is 0 Å². The molecule has 0 aromatic heterocycles. The summed E-state index contributed by atoms with van der Waals surface area (Å²) in [5, 5.41) is 8.70. The summed E-state index contributed by atoms with van der Waals surface area (Å²) in [6, 6.07) is 0.624. The molecule has 1 N–H and O–H groups in total. The van der Waals surface area contributed by atoms with Crippen LogP contribution in [0, 0.1) is 0 Å². The number of rotatable bonds is 9. The fourth-order valence-corrected chi connectivity index (χ4v) is 1.94. The average Bonchev–Trinajstić information content (AvgIpc) is 2.16. The molecule has 0 radical (unpaired) electrons. The van der Waals surface area contributed by atoms with E-state index in [-0.39, 0.29) is 0 Å². The molecule has 3 nitrogen and oxygen atoms in total. The Morgan fingerprint density at radius 2 is 1.80 bits per heavy atom. The second kappa shape index (κ2) is 9.13. The second-order valence-corrected chi connectivity index (χ2v) is 4.52. The van der Waals surface area contributed by atoms with Gasteiger partial charge in [0.25, 0.3) is 0 Å². The molecule has 0 aromatic rings. The third-order valence-electron chi connectivity index (χ3n) is 2.76. The Labute approximate surface area is 95.1 Å². The quantitative estimate of drug-likeness (QED) is 0.591. The van der Waals surface area contributed by atoms with Crippen LogP contribution in [0.1, 0.15) is 33.1 Å². The largest absolute Gasteiger partial charge is 0.396 e. The first-order valence-electron chi connectivity index (χ1n) is 6.11. The molecule has 92 valence electrons. The van der Waals surface area contributed by atoms with Crippen LogP contribution in [-0.4, -0.2) is 61.3 Å². The first-order chi connectivity index (χ1) is 7.11. The van der Waals surface area contributed by atoms with E-state index < -0.39 is 0 Å². The maximum absolute atomic E-state index is 8.70. The lowest BCUT2D eigenvalue weighted by Gasteiger charge is -2.29. The fraction of sp³-hybridized carbons (Fsp3) is 1.00. The molecule has 0 aromatic carbocycles. The van der Waals surface area contributed by atoms with Crippen molar-refractivity contribution in [3.8, 4) is 0 Å². The van der Waals surface area contributed by atoms with Gasteiger partial charge in [-0.25, -0.2) is 0 Å². The molecule has 0 spiro atoms. The van der Waals surface area contributed by atoms with Crippen molar-refractivity contribution >= 4 is 0 Å². The number of aliphatic hydroxyl groups excluding tert-OH is 1. The molecular formula is C12H28N2O. The average molecular weight is 216 g/mol. The molecule has 0 fully saturated rings. The lowest BCUT2D eigenvalue weighted by atomic mass is 10.2. The van der Waals surface area contributed by atoms with Gasteiger partial charge in [0.15, 0.2) is 0 Å². The van der Waals surface area contributed by atoms with Crippen LogP contribution in [0.5, 0.6) is 0 Å². The van der Waals surface area contributed by atoms with Crippen molar-refractivity contribution < 1.29 is 5.11 Å². The van der Waals surface area contributed by atoms with E-state index in [1.807, 2.05) is 0 Å². The Kier molecular flexibility index (Phi) is 9.06. The number of hydrogen-bond acceptors (Lipinski definition) is 3. The topological polar surface area (TPSA) is 26.7 Å². The zero-order chi connectivity index (χ0) is 11.7. The molecule has 0 saturated heterocycles.